The Morgan fingerprint density at radius 2 is 1.81 bits per heavy atom. The highest BCUT2D eigenvalue weighted by Gasteiger charge is 2.20. The molecule has 0 unspecified atom stereocenters. The molecule has 1 saturated heterocycles. The largest absolute Gasteiger partial charge is 0.360 e. The van der Waals surface area contributed by atoms with E-state index in [2.05, 4.69) is 11.0 Å². The number of para-hydroxylation sites is 1. The highest BCUT2D eigenvalue weighted by molar-refractivity contribution is 7.98. The lowest BCUT2D eigenvalue weighted by molar-refractivity contribution is -0.900. The Balaban J connectivity index is 1.25. The predicted molar refractivity (Wildman–Crippen MR) is 151 cm³/mol. The second-order valence-corrected chi connectivity index (χ2v) is 11.0. The van der Waals surface area contributed by atoms with Crippen LogP contribution in [0.2, 0.25) is 10.0 Å². The maximum atomic E-state index is 13.5. The van der Waals surface area contributed by atoms with Crippen molar-refractivity contribution in [2.45, 2.75) is 23.9 Å². The van der Waals surface area contributed by atoms with Crippen LogP contribution >= 0.6 is 35.0 Å². The Morgan fingerprint density at radius 3 is 2.59 bits per heavy atom. The van der Waals surface area contributed by atoms with E-state index in [1.807, 2.05) is 42.5 Å². The first-order valence-corrected chi connectivity index (χ1v) is 14.1. The molecule has 0 radical (unpaired) electrons. The number of quaternary nitrogens is 1. The average molecular weight is 559 g/mol. The first-order chi connectivity index (χ1) is 18.0. The van der Waals surface area contributed by atoms with E-state index in [-0.39, 0.29) is 11.4 Å². The number of aromatic nitrogens is 2. The van der Waals surface area contributed by atoms with E-state index in [1.54, 1.807) is 10.6 Å². The zero-order valence-electron chi connectivity index (χ0n) is 20.3. The highest BCUT2D eigenvalue weighted by atomic mass is 35.5. The van der Waals surface area contributed by atoms with Gasteiger partial charge in [-0.05, 0) is 48.0 Å². The molecule has 0 aliphatic carbocycles. The van der Waals surface area contributed by atoms with Gasteiger partial charge in [-0.3, -0.25) is 9.36 Å². The monoisotopic (exact) mass is 557 g/mol. The van der Waals surface area contributed by atoms with Gasteiger partial charge in [-0.25, -0.2) is 9.37 Å². The summed E-state index contributed by atoms with van der Waals surface area (Å²) in [6.45, 7) is 5.62. The fourth-order valence-corrected chi connectivity index (χ4v) is 6.25. The molecule has 37 heavy (non-hydrogen) atoms. The summed E-state index contributed by atoms with van der Waals surface area (Å²) in [5.41, 5.74) is 2.63. The third-order valence-electron chi connectivity index (χ3n) is 6.75. The minimum absolute atomic E-state index is 0.0286. The van der Waals surface area contributed by atoms with E-state index in [1.165, 1.54) is 34.5 Å². The second kappa shape index (κ2) is 11.9. The van der Waals surface area contributed by atoms with Crippen molar-refractivity contribution in [1.29, 1.82) is 0 Å². The Bertz CT molecular complexity index is 1460. The van der Waals surface area contributed by atoms with E-state index in [0.29, 0.717) is 33.4 Å². The van der Waals surface area contributed by atoms with Crippen LogP contribution in [0.1, 0.15) is 12.0 Å². The third kappa shape index (κ3) is 6.29. The van der Waals surface area contributed by atoms with Crippen LogP contribution in [0, 0.1) is 5.82 Å². The number of halogens is 3. The fourth-order valence-electron chi connectivity index (χ4n) is 4.73. The van der Waals surface area contributed by atoms with E-state index < -0.39 is 0 Å². The van der Waals surface area contributed by atoms with Gasteiger partial charge in [0.05, 0.1) is 43.6 Å². The molecule has 1 aliphatic heterocycles. The van der Waals surface area contributed by atoms with Crippen LogP contribution < -0.4 is 15.4 Å². The van der Waals surface area contributed by atoms with Crippen molar-refractivity contribution in [1.82, 2.24) is 9.55 Å². The zero-order valence-corrected chi connectivity index (χ0v) is 22.6. The number of nitrogens with one attached hydrogen (secondary N) is 1. The molecule has 0 bridgehead atoms. The Morgan fingerprint density at radius 1 is 1.00 bits per heavy atom. The minimum Gasteiger partial charge on any atom is -0.360 e. The van der Waals surface area contributed by atoms with Gasteiger partial charge in [0.2, 0.25) is 0 Å². The number of hydrogen-bond donors (Lipinski definition) is 1. The molecular weight excluding hydrogens is 530 g/mol. The molecule has 1 aliphatic rings. The van der Waals surface area contributed by atoms with E-state index in [0.717, 1.165) is 49.7 Å². The van der Waals surface area contributed by atoms with Crippen LogP contribution in [-0.2, 0) is 12.3 Å². The smallest absolute Gasteiger partial charge is 0.262 e. The molecule has 9 heteroatoms. The summed E-state index contributed by atoms with van der Waals surface area (Å²) in [4.78, 5) is 22.1. The lowest BCUT2D eigenvalue weighted by atomic mass is 10.2. The van der Waals surface area contributed by atoms with Crippen LogP contribution in [0.25, 0.3) is 10.9 Å². The Hall–Kier alpha value is -2.58. The molecule has 0 atom stereocenters. The van der Waals surface area contributed by atoms with Crippen molar-refractivity contribution >= 4 is 51.6 Å². The van der Waals surface area contributed by atoms with Crippen molar-refractivity contribution in [2.24, 2.45) is 0 Å². The van der Waals surface area contributed by atoms with Crippen molar-refractivity contribution in [3.63, 3.8) is 0 Å². The summed E-state index contributed by atoms with van der Waals surface area (Å²) in [5.74, 6) is 0.135. The lowest BCUT2D eigenvalue weighted by Crippen LogP contribution is -3.14. The molecular formula is C28H28Cl2FN4OS+. The number of nitrogens with zero attached hydrogens (tertiary/aromatic N) is 3. The van der Waals surface area contributed by atoms with E-state index >= 15 is 0 Å². The Kier molecular flexibility index (Phi) is 8.35. The summed E-state index contributed by atoms with van der Waals surface area (Å²) in [6.07, 6.45) is 0.872. The van der Waals surface area contributed by atoms with Gasteiger partial charge in [0.15, 0.2) is 5.16 Å². The van der Waals surface area contributed by atoms with Gasteiger partial charge >= 0.3 is 0 Å². The van der Waals surface area contributed by atoms with Gasteiger partial charge < -0.3 is 9.80 Å². The predicted octanol–water partition coefficient (Wildman–Crippen LogP) is 4.93. The lowest BCUT2D eigenvalue weighted by Gasteiger charge is -2.33. The second-order valence-electron chi connectivity index (χ2n) is 9.21. The highest BCUT2D eigenvalue weighted by Crippen LogP contribution is 2.27. The summed E-state index contributed by atoms with van der Waals surface area (Å²) in [7, 11) is 0. The van der Waals surface area contributed by atoms with Crippen LogP contribution in [0.4, 0.5) is 10.1 Å². The number of anilines is 1. The van der Waals surface area contributed by atoms with Gasteiger partial charge in [-0.1, -0.05) is 59.2 Å². The van der Waals surface area contributed by atoms with Gasteiger partial charge in [-0.15, -0.1) is 0 Å². The normalized spacial score (nSPS) is 14.4. The number of fused-ring (bicyclic) bond motifs is 1. The van der Waals surface area contributed by atoms with Gasteiger partial charge in [-0.2, -0.15) is 0 Å². The topological polar surface area (TPSA) is 42.6 Å². The molecule has 0 spiro atoms. The standard InChI is InChI=1S/C28H27Cl2FN4OS/c29-21-5-3-6-23(17-21)34-15-13-33(14-16-34)11-4-12-35-27(36)24-7-1-2-8-26(24)32-28(35)37-19-20-9-10-22(31)18-25(20)30/h1-3,5-10,17-18H,4,11-16,19H2/p+1. The molecule has 1 fully saturated rings. The summed E-state index contributed by atoms with van der Waals surface area (Å²) in [5, 5.41) is 2.42. The van der Waals surface area contributed by atoms with Crippen molar-refractivity contribution < 1.29 is 9.29 Å². The quantitative estimate of drug-likeness (QED) is 0.246. The molecule has 1 N–H and O–H groups in total. The molecule has 4 aromatic rings. The van der Waals surface area contributed by atoms with Crippen molar-refractivity contribution in [2.75, 3.05) is 37.6 Å². The number of hydrogen-bond acceptors (Lipinski definition) is 4. The summed E-state index contributed by atoms with van der Waals surface area (Å²) in [6, 6.07) is 19.8. The Labute approximate surface area is 229 Å². The van der Waals surface area contributed by atoms with E-state index in [4.69, 9.17) is 28.2 Å². The van der Waals surface area contributed by atoms with Gasteiger partial charge in [0.1, 0.15) is 5.82 Å². The number of benzene rings is 3. The zero-order chi connectivity index (χ0) is 25.8. The average Bonchev–Trinajstić information content (AvgIpc) is 2.90. The number of piperazine rings is 1. The number of thioether (sulfide) groups is 1. The maximum Gasteiger partial charge on any atom is 0.262 e. The van der Waals surface area contributed by atoms with Gasteiger partial charge in [0.25, 0.3) is 5.56 Å². The molecule has 0 amide bonds. The maximum absolute atomic E-state index is 13.5. The summed E-state index contributed by atoms with van der Waals surface area (Å²) >= 11 is 13.9. The summed E-state index contributed by atoms with van der Waals surface area (Å²) < 4.78 is 15.2. The first-order valence-electron chi connectivity index (χ1n) is 12.4. The minimum atomic E-state index is -0.365. The van der Waals surface area contributed by atoms with E-state index in [9.17, 15) is 9.18 Å². The molecule has 5 rings (SSSR count). The SMILES string of the molecule is O=c1c2ccccc2nc(SCc2ccc(F)cc2Cl)n1CCC[NH+]1CCN(c2cccc(Cl)c2)CC1. The molecule has 2 heterocycles. The van der Waals surface area contributed by atoms with Crippen LogP contribution in [0.15, 0.2) is 76.7 Å². The first kappa shape index (κ1) is 26.0. The van der Waals surface area contributed by atoms with Crippen molar-refractivity contribution in [3.8, 4) is 0 Å². The van der Waals surface area contributed by atoms with Crippen molar-refractivity contribution in [3.05, 3.63) is 98.5 Å². The molecule has 0 saturated carbocycles. The third-order valence-corrected chi connectivity index (χ3v) is 8.37. The van der Waals surface area contributed by atoms with Gasteiger partial charge in [0, 0.05) is 34.5 Å². The van der Waals surface area contributed by atoms with Crippen LogP contribution in [0.5, 0.6) is 0 Å². The molecule has 1 aromatic heterocycles. The number of rotatable bonds is 8. The molecule has 192 valence electrons. The molecule has 5 nitrogen and oxygen atoms in total. The fraction of sp³-hybridized carbons (Fsp3) is 0.286. The van der Waals surface area contributed by atoms with Crippen LogP contribution in [-0.4, -0.2) is 42.3 Å². The molecule has 3 aromatic carbocycles. The van der Waals surface area contributed by atoms with Crippen LogP contribution in [0.3, 0.4) is 0 Å².